The highest BCUT2D eigenvalue weighted by Crippen LogP contribution is 2.38. The first-order valence-corrected chi connectivity index (χ1v) is 9.93. The molecule has 0 fully saturated rings. The minimum atomic E-state index is -0.969. The van der Waals surface area contributed by atoms with E-state index in [0.29, 0.717) is 23.4 Å². The molecule has 3 rings (SSSR count). The lowest BCUT2D eigenvalue weighted by Crippen LogP contribution is -2.35. The zero-order valence-corrected chi connectivity index (χ0v) is 15.4. The lowest BCUT2D eigenvalue weighted by molar-refractivity contribution is -0.146. The van der Waals surface area contributed by atoms with Crippen LogP contribution in [0.5, 0.6) is 0 Å². The SMILES string of the molecule is NC(=O)c1c(NC(=O)[C@@H]2CC=CC[C@H]2C(=O)O)sc2c1CCCCCC2. The molecule has 140 valence electrons. The molecule has 7 heteroatoms. The maximum Gasteiger partial charge on any atom is 0.307 e. The van der Waals surface area contributed by atoms with Crippen LogP contribution in [0, 0.1) is 11.8 Å². The van der Waals surface area contributed by atoms with E-state index in [2.05, 4.69) is 5.32 Å². The molecule has 6 nitrogen and oxygen atoms in total. The van der Waals surface area contributed by atoms with Crippen LogP contribution in [-0.4, -0.2) is 22.9 Å². The monoisotopic (exact) mass is 376 g/mol. The Morgan fingerprint density at radius 2 is 1.69 bits per heavy atom. The van der Waals surface area contributed by atoms with E-state index in [9.17, 15) is 19.5 Å². The Kier molecular flexibility index (Phi) is 5.76. The number of rotatable bonds is 4. The third kappa shape index (κ3) is 3.82. The number of thiophene rings is 1. The molecule has 26 heavy (non-hydrogen) atoms. The van der Waals surface area contributed by atoms with Gasteiger partial charge in [-0.05, 0) is 44.1 Å². The Labute approximate surface area is 156 Å². The molecule has 0 radical (unpaired) electrons. The van der Waals surface area contributed by atoms with E-state index in [1.165, 1.54) is 17.8 Å². The van der Waals surface area contributed by atoms with Gasteiger partial charge in [0.1, 0.15) is 5.00 Å². The molecular formula is C19H24N2O4S. The van der Waals surface area contributed by atoms with Gasteiger partial charge in [-0.2, -0.15) is 0 Å². The molecule has 0 unspecified atom stereocenters. The van der Waals surface area contributed by atoms with Crippen LogP contribution < -0.4 is 11.1 Å². The molecule has 2 aliphatic carbocycles. The number of allylic oxidation sites excluding steroid dienone is 2. The largest absolute Gasteiger partial charge is 0.481 e. The first-order chi connectivity index (χ1) is 12.5. The van der Waals surface area contributed by atoms with Gasteiger partial charge in [-0.1, -0.05) is 25.0 Å². The zero-order chi connectivity index (χ0) is 18.7. The molecule has 1 heterocycles. The van der Waals surface area contributed by atoms with Crippen molar-refractivity contribution in [1.82, 2.24) is 0 Å². The molecule has 0 saturated carbocycles. The highest BCUT2D eigenvalue weighted by atomic mass is 32.1. The van der Waals surface area contributed by atoms with Crippen LogP contribution in [0.25, 0.3) is 0 Å². The van der Waals surface area contributed by atoms with Gasteiger partial charge in [0.25, 0.3) is 5.91 Å². The van der Waals surface area contributed by atoms with E-state index in [4.69, 9.17) is 5.73 Å². The Balaban J connectivity index is 1.88. The smallest absolute Gasteiger partial charge is 0.307 e. The van der Waals surface area contributed by atoms with E-state index >= 15 is 0 Å². The number of nitrogens with one attached hydrogen (secondary N) is 1. The molecule has 0 bridgehead atoms. The minimum absolute atomic E-state index is 0.344. The maximum atomic E-state index is 12.8. The predicted octanol–water partition coefficient (Wildman–Crippen LogP) is 3.11. The van der Waals surface area contributed by atoms with Gasteiger partial charge in [0.2, 0.25) is 5.91 Å². The number of aliphatic carboxylic acids is 1. The van der Waals surface area contributed by atoms with Crippen molar-refractivity contribution in [3.05, 3.63) is 28.2 Å². The average molecular weight is 376 g/mol. The highest BCUT2D eigenvalue weighted by molar-refractivity contribution is 7.17. The second kappa shape index (κ2) is 8.03. The number of hydrogen-bond donors (Lipinski definition) is 3. The minimum Gasteiger partial charge on any atom is -0.481 e. The summed E-state index contributed by atoms with van der Waals surface area (Å²) < 4.78 is 0. The Morgan fingerprint density at radius 3 is 2.35 bits per heavy atom. The van der Waals surface area contributed by atoms with Gasteiger partial charge in [-0.15, -0.1) is 11.3 Å². The summed E-state index contributed by atoms with van der Waals surface area (Å²) in [6.07, 6.45) is 10.4. The summed E-state index contributed by atoms with van der Waals surface area (Å²) in [6, 6.07) is 0. The van der Waals surface area contributed by atoms with Crippen LogP contribution in [0.15, 0.2) is 12.2 Å². The molecule has 4 N–H and O–H groups in total. The van der Waals surface area contributed by atoms with E-state index in [-0.39, 0.29) is 5.91 Å². The quantitative estimate of drug-likeness (QED) is 0.701. The van der Waals surface area contributed by atoms with Crippen molar-refractivity contribution in [2.45, 2.75) is 51.4 Å². The average Bonchev–Trinajstić information content (AvgIpc) is 2.91. The van der Waals surface area contributed by atoms with E-state index in [0.717, 1.165) is 42.5 Å². The molecule has 1 aromatic heterocycles. The number of primary amides is 1. The highest BCUT2D eigenvalue weighted by Gasteiger charge is 2.35. The topological polar surface area (TPSA) is 109 Å². The second-order valence-corrected chi connectivity index (χ2v) is 8.07. The van der Waals surface area contributed by atoms with Crippen LogP contribution in [-0.2, 0) is 22.4 Å². The number of carbonyl (C=O) groups is 3. The Morgan fingerprint density at radius 1 is 1.04 bits per heavy atom. The van der Waals surface area contributed by atoms with Crippen molar-refractivity contribution in [3.63, 3.8) is 0 Å². The summed E-state index contributed by atoms with van der Waals surface area (Å²) in [7, 11) is 0. The molecule has 0 aromatic carbocycles. The molecule has 0 aliphatic heterocycles. The van der Waals surface area contributed by atoms with Crippen molar-refractivity contribution in [2.24, 2.45) is 17.6 Å². The van der Waals surface area contributed by atoms with Gasteiger partial charge in [-0.25, -0.2) is 0 Å². The molecule has 0 saturated heterocycles. The summed E-state index contributed by atoms with van der Waals surface area (Å²) in [5.74, 6) is -3.22. The lowest BCUT2D eigenvalue weighted by atomic mass is 9.82. The van der Waals surface area contributed by atoms with Gasteiger partial charge in [0, 0.05) is 4.88 Å². The van der Waals surface area contributed by atoms with Crippen LogP contribution in [0.4, 0.5) is 5.00 Å². The molecule has 1 aromatic rings. The predicted molar refractivity (Wildman–Crippen MR) is 100 cm³/mol. The number of fused-ring (bicyclic) bond motifs is 1. The lowest BCUT2D eigenvalue weighted by Gasteiger charge is -2.24. The van der Waals surface area contributed by atoms with E-state index in [1.807, 2.05) is 6.08 Å². The molecule has 2 amide bonds. The van der Waals surface area contributed by atoms with Crippen LogP contribution >= 0.6 is 11.3 Å². The number of nitrogens with two attached hydrogens (primary N) is 1. The fourth-order valence-electron chi connectivity index (χ4n) is 3.85. The van der Waals surface area contributed by atoms with Crippen molar-refractivity contribution in [1.29, 1.82) is 0 Å². The van der Waals surface area contributed by atoms with Gasteiger partial charge in [0.15, 0.2) is 0 Å². The van der Waals surface area contributed by atoms with Crippen molar-refractivity contribution >= 4 is 34.1 Å². The van der Waals surface area contributed by atoms with E-state index < -0.39 is 23.7 Å². The number of amides is 2. The Hall–Kier alpha value is -2.15. The molecule has 2 aliphatic rings. The first-order valence-electron chi connectivity index (χ1n) is 9.12. The number of carboxylic acid groups (broad SMARTS) is 1. The molecule has 0 spiro atoms. The van der Waals surface area contributed by atoms with Gasteiger partial charge in [-0.3, -0.25) is 14.4 Å². The fraction of sp³-hybridized carbons (Fsp3) is 0.526. The van der Waals surface area contributed by atoms with Crippen molar-refractivity contribution < 1.29 is 19.5 Å². The van der Waals surface area contributed by atoms with Crippen LogP contribution in [0.2, 0.25) is 0 Å². The third-order valence-electron chi connectivity index (χ3n) is 5.24. The summed E-state index contributed by atoms with van der Waals surface area (Å²) in [6.45, 7) is 0. The summed E-state index contributed by atoms with van der Waals surface area (Å²) >= 11 is 1.42. The normalized spacial score (nSPS) is 22.8. The third-order valence-corrected chi connectivity index (χ3v) is 6.45. The number of carbonyl (C=O) groups excluding carboxylic acids is 2. The van der Waals surface area contributed by atoms with Crippen LogP contribution in [0.1, 0.15) is 59.3 Å². The standard InChI is InChI=1S/C19H24N2O4S/c20-16(22)15-13-9-3-1-2-4-10-14(13)26-18(15)21-17(23)11-7-5-6-8-12(11)19(24)25/h5-6,11-12H,1-4,7-10H2,(H2,20,22)(H,21,23)(H,24,25)/t11-,12-/m1/s1. The van der Waals surface area contributed by atoms with Gasteiger partial charge in [0.05, 0.1) is 17.4 Å². The zero-order valence-electron chi connectivity index (χ0n) is 14.6. The Bertz CT molecular complexity index is 753. The summed E-state index contributed by atoms with van der Waals surface area (Å²) in [4.78, 5) is 37.4. The number of anilines is 1. The molecular weight excluding hydrogens is 352 g/mol. The van der Waals surface area contributed by atoms with Gasteiger partial charge < -0.3 is 16.2 Å². The first kappa shape index (κ1) is 18.6. The number of carboxylic acids is 1. The fourth-order valence-corrected chi connectivity index (χ4v) is 5.15. The summed E-state index contributed by atoms with van der Waals surface area (Å²) in [5, 5.41) is 12.7. The molecule has 2 atom stereocenters. The maximum absolute atomic E-state index is 12.8. The number of aryl methyl sites for hydroxylation is 1. The van der Waals surface area contributed by atoms with Gasteiger partial charge >= 0.3 is 5.97 Å². The van der Waals surface area contributed by atoms with Crippen molar-refractivity contribution in [3.8, 4) is 0 Å². The van der Waals surface area contributed by atoms with Crippen LogP contribution in [0.3, 0.4) is 0 Å². The summed E-state index contributed by atoms with van der Waals surface area (Å²) in [5.41, 5.74) is 7.00. The van der Waals surface area contributed by atoms with E-state index in [1.54, 1.807) is 6.08 Å². The van der Waals surface area contributed by atoms with Crippen molar-refractivity contribution in [2.75, 3.05) is 5.32 Å². The second-order valence-electron chi connectivity index (χ2n) is 6.97. The number of hydrogen-bond acceptors (Lipinski definition) is 4.